The lowest BCUT2D eigenvalue weighted by Crippen LogP contribution is -2.33. The van der Waals surface area contributed by atoms with Gasteiger partial charge in [-0.3, -0.25) is 4.79 Å². The van der Waals surface area contributed by atoms with Gasteiger partial charge >= 0.3 is 6.03 Å². The molecule has 170 valence electrons. The molecule has 1 unspecified atom stereocenters. The Bertz CT molecular complexity index is 933. The molecular weight excluding hydrogens is 404 g/mol. The minimum absolute atomic E-state index is 0.0837. The topological polar surface area (TPSA) is 82.7 Å². The minimum atomic E-state index is -0.339. The largest absolute Gasteiger partial charge is 0.376 e. The van der Waals surface area contributed by atoms with Crippen LogP contribution in [0, 0.1) is 0 Å². The first-order valence-corrected chi connectivity index (χ1v) is 11.6. The number of hydrogen-bond donors (Lipinski definition) is 3. The Hall–Kier alpha value is -3.06. The molecule has 3 amide bonds. The summed E-state index contributed by atoms with van der Waals surface area (Å²) in [6, 6.07) is 13.0. The average molecular weight is 437 g/mol. The van der Waals surface area contributed by atoms with Crippen LogP contribution in [0.1, 0.15) is 48.5 Å². The molecule has 2 fully saturated rings. The van der Waals surface area contributed by atoms with Crippen LogP contribution in [0.25, 0.3) is 0 Å². The summed E-state index contributed by atoms with van der Waals surface area (Å²) in [5.41, 5.74) is 4.01. The maximum Gasteiger partial charge on any atom is 0.323 e. The van der Waals surface area contributed by atoms with Crippen LogP contribution in [0.3, 0.4) is 0 Å². The highest BCUT2D eigenvalue weighted by molar-refractivity contribution is 6.04. The van der Waals surface area contributed by atoms with Crippen LogP contribution in [0.15, 0.2) is 42.5 Å². The summed E-state index contributed by atoms with van der Waals surface area (Å²) in [5.74, 6) is -0.137. The van der Waals surface area contributed by atoms with Gasteiger partial charge < -0.3 is 25.6 Å². The van der Waals surface area contributed by atoms with Crippen molar-refractivity contribution in [1.82, 2.24) is 5.32 Å². The van der Waals surface area contributed by atoms with Crippen molar-refractivity contribution in [1.29, 1.82) is 0 Å². The molecule has 32 heavy (non-hydrogen) atoms. The Balaban J connectivity index is 1.45. The second kappa shape index (κ2) is 10.5. The third-order valence-corrected chi connectivity index (χ3v) is 6.08. The Morgan fingerprint density at radius 1 is 1.00 bits per heavy atom. The van der Waals surface area contributed by atoms with E-state index >= 15 is 0 Å². The fraction of sp³-hybridized carbons (Fsp3) is 0.440. The van der Waals surface area contributed by atoms with E-state index in [-0.39, 0.29) is 18.0 Å². The quantitative estimate of drug-likeness (QED) is 0.601. The smallest absolute Gasteiger partial charge is 0.323 e. The zero-order chi connectivity index (χ0) is 22.3. The molecule has 4 rings (SSSR count). The number of nitrogens with one attached hydrogen (secondary N) is 3. The van der Waals surface area contributed by atoms with Gasteiger partial charge in [-0.15, -0.1) is 0 Å². The average Bonchev–Trinajstić information content (AvgIpc) is 3.52. The van der Waals surface area contributed by atoms with Crippen molar-refractivity contribution >= 4 is 29.0 Å². The molecule has 1 atom stereocenters. The number of aryl methyl sites for hydroxylation is 1. The number of ether oxygens (including phenoxy) is 1. The van der Waals surface area contributed by atoms with Crippen molar-refractivity contribution in [2.75, 3.05) is 41.8 Å². The lowest BCUT2D eigenvalue weighted by atomic mass is 10.1. The molecule has 0 aromatic heterocycles. The van der Waals surface area contributed by atoms with E-state index < -0.39 is 0 Å². The second-order valence-electron chi connectivity index (χ2n) is 8.40. The maximum atomic E-state index is 13.0. The molecular formula is C25H32N4O3. The first-order valence-electron chi connectivity index (χ1n) is 11.6. The lowest BCUT2D eigenvalue weighted by Gasteiger charge is -2.22. The Morgan fingerprint density at radius 2 is 1.72 bits per heavy atom. The van der Waals surface area contributed by atoms with Gasteiger partial charge in [-0.25, -0.2) is 4.79 Å². The van der Waals surface area contributed by atoms with Gasteiger partial charge in [0, 0.05) is 43.3 Å². The first kappa shape index (κ1) is 22.1. The molecule has 0 bridgehead atoms. The van der Waals surface area contributed by atoms with Crippen LogP contribution in [0.2, 0.25) is 0 Å². The molecule has 0 radical (unpaired) electrons. The van der Waals surface area contributed by atoms with Crippen LogP contribution >= 0.6 is 0 Å². The number of nitrogens with zero attached hydrogens (tertiary/aromatic N) is 1. The van der Waals surface area contributed by atoms with Crippen molar-refractivity contribution in [3.8, 4) is 0 Å². The SMILES string of the molecule is CCc1ccc(NC(=O)Nc2ccc(N3CCCC3)c(C(=O)NCC3CCCO3)c2)cc1. The maximum absolute atomic E-state index is 13.0. The molecule has 3 N–H and O–H groups in total. The summed E-state index contributed by atoms with van der Waals surface area (Å²) in [7, 11) is 0. The van der Waals surface area contributed by atoms with Crippen LogP contribution in [-0.4, -0.2) is 44.3 Å². The fourth-order valence-corrected chi connectivity index (χ4v) is 4.25. The van der Waals surface area contributed by atoms with E-state index in [0.29, 0.717) is 17.8 Å². The van der Waals surface area contributed by atoms with Crippen LogP contribution in [0.4, 0.5) is 21.9 Å². The molecule has 2 saturated heterocycles. The van der Waals surface area contributed by atoms with E-state index in [9.17, 15) is 9.59 Å². The highest BCUT2D eigenvalue weighted by atomic mass is 16.5. The predicted molar refractivity (Wildman–Crippen MR) is 128 cm³/mol. The summed E-state index contributed by atoms with van der Waals surface area (Å²) < 4.78 is 5.63. The zero-order valence-corrected chi connectivity index (χ0v) is 18.7. The van der Waals surface area contributed by atoms with E-state index in [2.05, 4.69) is 27.8 Å². The molecule has 2 aromatic rings. The molecule has 7 heteroatoms. The van der Waals surface area contributed by atoms with Crippen LogP contribution in [-0.2, 0) is 11.2 Å². The lowest BCUT2D eigenvalue weighted by molar-refractivity contribution is 0.0858. The monoisotopic (exact) mass is 436 g/mol. The molecule has 2 aromatic carbocycles. The third-order valence-electron chi connectivity index (χ3n) is 6.08. The first-order chi connectivity index (χ1) is 15.6. The summed E-state index contributed by atoms with van der Waals surface area (Å²) in [6.45, 7) is 5.23. The van der Waals surface area contributed by atoms with Gasteiger partial charge in [0.25, 0.3) is 5.91 Å². The number of carbonyl (C=O) groups is 2. The van der Waals surface area contributed by atoms with Crippen molar-refractivity contribution in [2.45, 2.75) is 45.1 Å². The van der Waals surface area contributed by atoms with Crippen molar-refractivity contribution in [2.24, 2.45) is 0 Å². The summed E-state index contributed by atoms with van der Waals surface area (Å²) in [6.07, 6.45) is 5.29. The standard InChI is InChI=1S/C25H32N4O3/c1-2-18-7-9-19(10-8-18)27-25(31)28-20-11-12-23(29-13-3-4-14-29)22(16-20)24(30)26-17-21-6-5-15-32-21/h7-12,16,21H,2-6,13-15,17H2,1H3,(H,26,30)(H2,27,28,31). The fourth-order valence-electron chi connectivity index (χ4n) is 4.25. The van der Waals surface area contributed by atoms with Crippen LogP contribution < -0.4 is 20.9 Å². The van der Waals surface area contributed by atoms with E-state index in [1.54, 1.807) is 6.07 Å². The molecule has 2 aliphatic rings. The Labute approximate surface area is 189 Å². The number of benzene rings is 2. The second-order valence-corrected chi connectivity index (χ2v) is 8.40. The highest BCUT2D eigenvalue weighted by Crippen LogP contribution is 2.28. The molecule has 0 spiro atoms. The number of urea groups is 1. The number of anilines is 3. The number of amides is 3. The summed E-state index contributed by atoms with van der Waals surface area (Å²) in [5, 5.41) is 8.72. The van der Waals surface area contributed by atoms with Crippen molar-refractivity contribution in [3.05, 3.63) is 53.6 Å². The number of hydrogen-bond acceptors (Lipinski definition) is 4. The van der Waals surface area contributed by atoms with Gasteiger partial charge in [-0.05, 0) is 68.0 Å². The molecule has 2 aliphatic heterocycles. The molecule has 0 saturated carbocycles. The van der Waals surface area contributed by atoms with Gasteiger partial charge in [0.15, 0.2) is 0 Å². The van der Waals surface area contributed by atoms with Crippen molar-refractivity contribution in [3.63, 3.8) is 0 Å². The minimum Gasteiger partial charge on any atom is -0.376 e. The van der Waals surface area contributed by atoms with E-state index in [1.165, 1.54) is 5.56 Å². The third kappa shape index (κ3) is 5.59. The van der Waals surface area contributed by atoms with E-state index in [4.69, 9.17) is 4.74 Å². The highest BCUT2D eigenvalue weighted by Gasteiger charge is 2.22. The van der Waals surface area contributed by atoms with E-state index in [0.717, 1.165) is 63.2 Å². The summed E-state index contributed by atoms with van der Waals surface area (Å²) in [4.78, 5) is 27.8. The van der Waals surface area contributed by atoms with Gasteiger partial charge in [0.05, 0.1) is 11.7 Å². The Kier molecular flexibility index (Phi) is 7.27. The van der Waals surface area contributed by atoms with Crippen molar-refractivity contribution < 1.29 is 14.3 Å². The molecule has 2 heterocycles. The number of carbonyl (C=O) groups excluding carboxylic acids is 2. The predicted octanol–water partition coefficient (Wildman–Crippen LogP) is 4.40. The Morgan fingerprint density at radius 3 is 2.41 bits per heavy atom. The van der Waals surface area contributed by atoms with Gasteiger partial charge in [0.1, 0.15) is 0 Å². The van der Waals surface area contributed by atoms with Gasteiger partial charge in [-0.1, -0.05) is 19.1 Å². The van der Waals surface area contributed by atoms with E-state index in [1.807, 2.05) is 36.4 Å². The normalized spacial score (nSPS) is 17.9. The van der Waals surface area contributed by atoms with Gasteiger partial charge in [0.2, 0.25) is 0 Å². The van der Waals surface area contributed by atoms with Crippen LogP contribution in [0.5, 0.6) is 0 Å². The zero-order valence-electron chi connectivity index (χ0n) is 18.7. The molecule has 7 nitrogen and oxygen atoms in total. The number of rotatable bonds is 7. The van der Waals surface area contributed by atoms with Gasteiger partial charge in [-0.2, -0.15) is 0 Å². The molecule has 0 aliphatic carbocycles. The summed E-state index contributed by atoms with van der Waals surface area (Å²) >= 11 is 0.